The maximum atomic E-state index is 12.7. The summed E-state index contributed by atoms with van der Waals surface area (Å²) >= 11 is 3.36. The standard InChI is InChI=1S/C12H13BrF2/c13-11(10-8-12(10,14)15)7-6-9-4-2-1-3-5-9/h1-5,10-11H,6-8H2. The van der Waals surface area contributed by atoms with Crippen LogP contribution in [0.3, 0.4) is 0 Å². The predicted octanol–water partition coefficient (Wildman–Crippen LogP) is 4.04. The molecule has 0 N–H and O–H groups in total. The molecule has 0 saturated heterocycles. The maximum absolute atomic E-state index is 12.7. The SMILES string of the molecule is FC1(F)CC1C(Br)CCc1ccccc1. The molecule has 2 rings (SSSR count). The fourth-order valence-corrected chi connectivity index (χ4v) is 2.58. The Bertz CT molecular complexity index is 324. The van der Waals surface area contributed by atoms with E-state index < -0.39 is 11.8 Å². The van der Waals surface area contributed by atoms with Crippen molar-refractivity contribution in [1.29, 1.82) is 0 Å². The molecule has 0 heterocycles. The van der Waals surface area contributed by atoms with Crippen LogP contribution in [0.25, 0.3) is 0 Å². The van der Waals surface area contributed by atoms with Gasteiger partial charge in [-0.2, -0.15) is 0 Å². The van der Waals surface area contributed by atoms with E-state index in [4.69, 9.17) is 0 Å². The Balaban J connectivity index is 1.80. The third-order valence-electron chi connectivity index (χ3n) is 2.86. The fourth-order valence-electron chi connectivity index (χ4n) is 1.78. The molecule has 0 bridgehead atoms. The molecule has 2 unspecified atom stereocenters. The van der Waals surface area contributed by atoms with E-state index in [1.165, 1.54) is 5.56 Å². The van der Waals surface area contributed by atoms with E-state index in [1.54, 1.807) is 0 Å². The summed E-state index contributed by atoms with van der Waals surface area (Å²) in [5.74, 6) is -2.86. The highest BCUT2D eigenvalue weighted by Crippen LogP contribution is 2.53. The minimum Gasteiger partial charge on any atom is -0.207 e. The highest BCUT2D eigenvalue weighted by Gasteiger charge is 2.59. The Labute approximate surface area is 96.8 Å². The van der Waals surface area contributed by atoms with Gasteiger partial charge in [0.15, 0.2) is 0 Å². The summed E-state index contributed by atoms with van der Waals surface area (Å²) < 4.78 is 25.5. The number of alkyl halides is 3. The lowest BCUT2D eigenvalue weighted by Gasteiger charge is -2.08. The molecule has 0 aromatic heterocycles. The highest BCUT2D eigenvalue weighted by molar-refractivity contribution is 9.09. The molecule has 1 aliphatic carbocycles. The molecule has 15 heavy (non-hydrogen) atoms. The first-order chi connectivity index (χ1) is 7.09. The van der Waals surface area contributed by atoms with E-state index in [0.29, 0.717) is 0 Å². The van der Waals surface area contributed by atoms with Gasteiger partial charge in [-0.15, -0.1) is 0 Å². The van der Waals surface area contributed by atoms with Crippen LogP contribution in [0.2, 0.25) is 0 Å². The first-order valence-corrected chi connectivity index (χ1v) is 6.07. The van der Waals surface area contributed by atoms with Crippen molar-refractivity contribution in [2.75, 3.05) is 0 Å². The monoisotopic (exact) mass is 274 g/mol. The van der Waals surface area contributed by atoms with Crippen molar-refractivity contribution in [2.24, 2.45) is 5.92 Å². The quantitative estimate of drug-likeness (QED) is 0.727. The Morgan fingerprint density at radius 1 is 1.33 bits per heavy atom. The first kappa shape index (κ1) is 11.1. The molecular formula is C12H13BrF2. The zero-order valence-electron chi connectivity index (χ0n) is 8.30. The Morgan fingerprint density at radius 2 is 1.93 bits per heavy atom. The molecule has 0 aliphatic heterocycles. The second-order valence-corrected chi connectivity index (χ2v) is 5.29. The summed E-state index contributed by atoms with van der Waals surface area (Å²) in [5, 5.41) is 0. The normalized spacial score (nSPS) is 24.9. The lowest BCUT2D eigenvalue weighted by Crippen LogP contribution is -2.08. The molecule has 0 nitrogen and oxygen atoms in total. The summed E-state index contributed by atoms with van der Waals surface area (Å²) in [6.07, 6.45) is 1.70. The van der Waals surface area contributed by atoms with Crippen LogP contribution >= 0.6 is 15.9 Å². The van der Waals surface area contributed by atoms with Gasteiger partial charge in [-0.1, -0.05) is 46.3 Å². The van der Waals surface area contributed by atoms with E-state index in [2.05, 4.69) is 15.9 Å². The summed E-state index contributed by atoms with van der Waals surface area (Å²) in [6, 6.07) is 9.98. The van der Waals surface area contributed by atoms with Gasteiger partial charge in [-0.05, 0) is 18.4 Å². The summed E-state index contributed by atoms with van der Waals surface area (Å²) in [6.45, 7) is 0. The zero-order valence-corrected chi connectivity index (χ0v) is 9.88. The smallest absolute Gasteiger partial charge is 0.207 e. The Kier molecular flexibility index (Phi) is 3.10. The predicted molar refractivity (Wildman–Crippen MR) is 60.5 cm³/mol. The summed E-state index contributed by atoms with van der Waals surface area (Å²) in [7, 11) is 0. The van der Waals surface area contributed by atoms with Crippen molar-refractivity contribution >= 4 is 15.9 Å². The van der Waals surface area contributed by atoms with Crippen LogP contribution in [0.15, 0.2) is 30.3 Å². The molecule has 1 aliphatic rings. The van der Waals surface area contributed by atoms with Crippen LogP contribution in [0, 0.1) is 5.92 Å². The van der Waals surface area contributed by atoms with Crippen molar-refractivity contribution in [3.63, 3.8) is 0 Å². The minimum absolute atomic E-state index is 0.0484. The van der Waals surface area contributed by atoms with Crippen LogP contribution in [0.5, 0.6) is 0 Å². The van der Waals surface area contributed by atoms with Gasteiger partial charge >= 0.3 is 0 Å². The fraction of sp³-hybridized carbons (Fsp3) is 0.500. The maximum Gasteiger partial charge on any atom is 0.252 e. The number of aryl methyl sites for hydroxylation is 1. The lowest BCUT2D eigenvalue weighted by molar-refractivity contribution is 0.0982. The number of benzene rings is 1. The largest absolute Gasteiger partial charge is 0.252 e. The Morgan fingerprint density at radius 3 is 2.47 bits per heavy atom. The molecule has 2 atom stereocenters. The third-order valence-corrected chi connectivity index (χ3v) is 3.96. The Hall–Kier alpha value is -0.440. The third kappa shape index (κ3) is 2.77. The highest BCUT2D eigenvalue weighted by atomic mass is 79.9. The molecule has 1 saturated carbocycles. The molecule has 1 fully saturated rings. The second kappa shape index (κ2) is 4.20. The van der Waals surface area contributed by atoms with Crippen molar-refractivity contribution in [3.8, 4) is 0 Å². The van der Waals surface area contributed by atoms with Gasteiger partial charge in [0.05, 0.1) is 0 Å². The van der Waals surface area contributed by atoms with Crippen LogP contribution in [0.4, 0.5) is 8.78 Å². The second-order valence-electron chi connectivity index (χ2n) is 4.11. The van der Waals surface area contributed by atoms with E-state index in [0.717, 1.165) is 12.8 Å². The number of rotatable bonds is 4. The first-order valence-electron chi connectivity index (χ1n) is 5.15. The van der Waals surface area contributed by atoms with Gasteiger partial charge in [0.25, 0.3) is 5.92 Å². The van der Waals surface area contributed by atoms with Crippen LogP contribution in [-0.4, -0.2) is 10.7 Å². The van der Waals surface area contributed by atoms with Gasteiger partial charge in [0.2, 0.25) is 0 Å². The molecule has 1 aromatic carbocycles. The lowest BCUT2D eigenvalue weighted by atomic mass is 10.1. The number of hydrogen-bond donors (Lipinski definition) is 0. The van der Waals surface area contributed by atoms with E-state index in [-0.39, 0.29) is 11.2 Å². The average molecular weight is 275 g/mol. The molecule has 82 valence electrons. The zero-order chi connectivity index (χ0) is 10.9. The van der Waals surface area contributed by atoms with Crippen molar-refractivity contribution in [3.05, 3.63) is 35.9 Å². The van der Waals surface area contributed by atoms with Crippen molar-refractivity contribution in [1.82, 2.24) is 0 Å². The molecule has 0 amide bonds. The molecule has 1 aromatic rings. The van der Waals surface area contributed by atoms with Crippen molar-refractivity contribution in [2.45, 2.75) is 30.0 Å². The molecule has 0 radical (unpaired) electrons. The van der Waals surface area contributed by atoms with Crippen LogP contribution in [-0.2, 0) is 6.42 Å². The van der Waals surface area contributed by atoms with E-state index in [9.17, 15) is 8.78 Å². The van der Waals surface area contributed by atoms with E-state index in [1.807, 2.05) is 30.3 Å². The van der Waals surface area contributed by atoms with Gasteiger partial charge in [0, 0.05) is 17.2 Å². The minimum atomic E-state index is -2.41. The molecule has 0 spiro atoms. The molecular weight excluding hydrogens is 262 g/mol. The summed E-state index contributed by atoms with van der Waals surface area (Å²) in [5.41, 5.74) is 1.21. The number of hydrogen-bond acceptors (Lipinski definition) is 0. The average Bonchev–Trinajstić information content (AvgIpc) is 2.86. The van der Waals surface area contributed by atoms with Gasteiger partial charge < -0.3 is 0 Å². The van der Waals surface area contributed by atoms with Crippen LogP contribution in [0.1, 0.15) is 18.4 Å². The van der Waals surface area contributed by atoms with Gasteiger partial charge in [-0.25, -0.2) is 8.78 Å². The topological polar surface area (TPSA) is 0 Å². The number of halogens is 3. The van der Waals surface area contributed by atoms with Crippen molar-refractivity contribution < 1.29 is 8.78 Å². The van der Waals surface area contributed by atoms with Crippen LogP contribution < -0.4 is 0 Å². The van der Waals surface area contributed by atoms with Gasteiger partial charge in [0.1, 0.15) is 0 Å². The van der Waals surface area contributed by atoms with E-state index >= 15 is 0 Å². The molecule has 3 heteroatoms. The van der Waals surface area contributed by atoms with Gasteiger partial charge in [-0.3, -0.25) is 0 Å². The summed E-state index contributed by atoms with van der Waals surface area (Å²) in [4.78, 5) is -0.0484.